The van der Waals surface area contributed by atoms with E-state index in [0.717, 1.165) is 51.4 Å². The Morgan fingerprint density at radius 1 is 0.354 bits per heavy atom. The molecule has 0 aromatic carbocycles. The molecule has 0 fully saturated rings. The molecule has 1 amide bonds. The number of amides is 1. The molecule has 466 valence electrons. The Labute approximate surface area is 494 Å². The molecule has 0 aromatic rings. The Morgan fingerprint density at radius 3 is 0.975 bits per heavy atom. The molecule has 6 heteroatoms. The topological polar surface area (TPSA) is 95.9 Å². The van der Waals surface area contributed by atoms with Crippen LogP contribution in [-0.2, 0) is 14.3 Å². The zero-order valence-electron chi connectivity index (χ0n) is 53.4. The van der Waals surface area contributed by atoms with Gasteiger partial charge in [-0.25, -0.2) is 0 Å². The van der Waals surface area contributed by atoms with Crippen molar-refractivity contribution in [3.8, 4) is 0 Å². The zero-order chi connectivity index (χ0) is 57.1. The van der Waals surface area contributed by atoms with Crippen molar-refractivity contribution in [3.63, 3.8) is 0 Å². The van der Waals surface area contributed by atoms with Gasteiger partial charge in [-0.15, -0.1) is 0 Å². The second kappa shape index (κ2) is 68.6. The Morgan fingerprint density at radius 2 is 0.633 bits per heavy atom. The first kappa shape index (κ1) is 77.1. The van der Waals surface area contributed by atoms with Gasteiger partial charge in [0.2, 0.25) is 5.91 Å². The van der Waals surface area contributed by atoms with Crippen molar-refractivity contribution in [3.05, 3.63) is 36.5 Å². The van der Waals surface area contributed by atoms with Crippen LogP contribution in [0.4, 0.5) is 0 Å². The van der Waals surface area contributed by atoms with E-state index >= 15 is 0 Å². The van der Waals surface area contributed by atoms with Crippen LogP contribution in [0, 0.1) is 0 Å². The molecule has 0 bridgehead atoms. The van der Waals surface area contributed by atoms with Crippen LogP contribution in [0.2, 0.25) is 0 Å². The highest BCUT2D eigenvalue weighted by molar-refractivity contribution is 5.76. The van der Waals surface area contributed by atoms with Gasteiger partial charge in [-0.2, -0.15) is 0 Å². The maximum absolute atomic E-state index is 12.5. The van der Waals surface area contributed by atoms with Crippen molar-refractivity contribution in [1.29, 1.82) is 0 Å². The molecule has 0 aromatic heterocycles. The molecule has 0 aliphatic rings. The van der Waals surface area contributed by atoms with Gasteiger partial charge in [0.25, 0.3) is 0 Å². The lowest BCUT2D eigenvalue weighted by Crippen LogP contribution is -2.45. The van der Waals surface area contributed by atoms with Crippen molar-refractivity contribution >= 4 is 11.9 Å². The summed E-state index contributed by atoms with van der Waals surface area (Å²) in [4.78, 5) is 24.6. The van der Waals surface area contributed by atoms with E-state index < -0.39 is 12.1 Å². The molecule has 0 saturated carbocycles. The summed E-state index contributed by atoms with van der Waals surface area (Å²) >= 11 is 0. The predicted molar refractivity (Wildman–Crippen MR) is 347 cm³/mol. The lowest BCUT2D eigenvalue weighted by Gasteiger charge is -2.22. The first-order valence-electron chi connectivity index (χ1n) is 35.7. The van der Waals surface area contributed by atoms with Gasteiger partial charge in [0.05, 0.1) is 25.4 Å². The summed E-state index contributed by atoms with van der Waals surface area (Å²) in [6.45, 7) is 4.97. The van der Waals surface area contributed by atoms with Crippen LogP contribution in [0.1, 0.15) is 393 Å². The van der Waals surface area contributed by atoms with Crippen LogP contribution in [0.3, 0.4) is 0 Å². The average molecular weight is 1110 g/mol. The quantitative estimate of drug-likeness (QED) is 0.0320. The highest BCUT2D eigenvalue weighted by Gasteiger charge is 2.20. The Kier molecular flexibility index (Phi) is 66.9. The predicted octanol–water partition coefficient (Wildman–Crippen LogP) is 23.1. The fourth-order valence-electron chi connectivity index (χ4n) is 11.2. The van der Waals surface area contributed by atoms with E-state index in [9.17, 15) is 19.8 Å². The van der Waals surface area contributed by atoms with Crippen LogP contribution in [0.15, 0.2) is 36.5 Å². The number of ether oxygens (including phenoxy) is 1. The van der Waals surface area contributed by atoms with Crippen molar-refractivity contribution in [2.45, 2.75) is 405 Å². The third-order valence-electron chi connectivity index (χ3n) is 16.7. The Bertz CT molecular complexity index is 1280. The molecule has 0 rings (SSSR count). The molecule has 0 saturated heterocycles. The van der Waals surface area contributed by atoms with Crippen molar-refractivity contribution in [1.82, 2.24) is 5.32 Å². The highest BCUT2D eigenvalue weighted by atomic mass is 16.5. The van der Waals surface area contributed by atoms with Crippen LogP contribution >= 0.6 is 0 Å². The standard InChI is InChI=1S/C73H139NO5/c1-3-5-7-9-11-13-15-17-38-41-45-49-53-57-61-65-71(76)70(69-75)74-72(77)66-62-58-54-50-46-42-39-36-34-32-30-28-26-24-22-20-19-21-23-25-27-29-31-33-35-37-40-44-48-52-56-60-64-68-79-73(78)67-63-59-55-51-47-43-18-16-14-12-10-8-6-4-2/h16,18,23,25,29,31,70-71,75-76H,3-15,17,19-22,24,26-28,30,32-69H2,1-2H3,(H,74,77)/b18-16-,25-23-,31-29-. The van der Waals surface area contributed by atoms with Gasteiger partial charge in [-0.1, -0.05) is 333 Å². The number of nitrogens with one attached hydrogen (secondary N) is 1. The molecule has 0 aliphatic carbocycles. The molecule has 0 heterocycles. The SMILES string of the molecule is CCCCCCC/C=C\CCCCCCCC(=O)OCCCCCCCCCCC/C=C\C/C=C\CCCCCCCCCCCCCCCCCCCC(=O)NC(CO)C(O)CCCCCCCCCCCCCCCCC. The Hall–Kier alpha value is -1.92. The maximum atomic E-state index is 12.5. The number of esters is 1. The average Bonchev–Trinajstić information content (AvgIpc) is 3.45. The van der Waals surface area contributed by atoms with E-state index in [4.69, 9.17) is 4.74 Å². The normalized spacial score (nSPS) is 12.7. The molecule has 0 radical (unpaired) electrons. The number of carbonyl (C=O) groups is 2. The van der Waals surface area contributed by atoms with Crippen molar-refractivity contribution < 1.29 is 24.5 Å². The van der Waals surface area contributed by atoms with Gasteiger partial charge in [0, 0.05) is 12.8 Å². The summed E-state index contributed by atoms with van der Waals surface area (Å²) in [5.41, 5.74) is 0. The van der Waals surface area contributed by atoms with E-state index in [1.54, 1.807) is 0 Å². The van der Waals surface area contributed by atoms with Crippen molar-refractivity contribution in [2.24, 2.45) is 0 Å². The molecule has 0 spiro atoms. The van der Waals surface area contributed by atoms with Crippen LogP contribution in [-0.4, -0.2) is 47.4 Å². The van der Waals surface area contributed by atoms with Crippen LogP contribution < -0.4 is 5.32 Å². The number of aliphatic hydroxyl groups excluding tert-OH is 2. The molecular weight excluding hydrogens is 971 g/mol. The summed E-state index contributed by atoms with van der Waals surface area (Å²) in [6.07, 6.45) is 87.7. The highest BCUT2D eigenvalue weighted by Crippen LogP contribution is 2.18. The zero-order valence-corrected chi connectivity index (χ0v) is 53.4. The third kappa shape index (κ3) is 65.1. The monoisotopic (exact) mass is 1110 g/mol. The largest absolute Gasteiger partial charge is 0.466 e. The fraction of sp³-hybridized carbons (Fsp3) is 0.890. The van der Waals surface area contributed by atoms with Gasteiger partial charge in [0.15, 0.2) is 0 Å². The maximum Gasteiger partial charge on any atom is 0.305 e. The number of carbonyl (C=O) groups excluding carboxylic acids is 2. The van der Waals surface area contributed by atoms with Crippen molar-refractivity contribution in [2.75, 3.05) is 13.2 Å². The van der Waals surface area contributed by atoms with E-state index in [1.807, 2.05) is 0 Å². The Balaban J connectivity index is 3.37. The van der Waals surface area contributed by atoms with Gasteiger partial charge in [-0.05, 0) is 83.5 Å². The number of aliphatic hydroxyl groups is 2. The van der Waals surface area contributed by atoms with E-state index in [1.165, 1.54) is 308 Å². The summed E-state index contributed by atoms with van der Waals surface area (Å²) in [6, 6.07) is -0.540. The lowest BCUT2D eigenvalue weighted by atomic mass is 10.0. The van der Waals surface area contributed by atoms with Gasteiger partial charge >= 0.3 is 5.97 Å². The van der Waals surface area contributed by atoms with Gasteiger partial charge in [-0.3, -0.25) is 9.59 Å². The van der Waals surface area contributed by atoms with E-state index in [-0.39, 0.29) is 18.5 Å². The van der Waals surface area contributed by atoms with E-state index in [0.29, 0.717) is 25.9 Å². The van der Waals surface area contributed by atoms with Gasteiger partial charge in [0.1, 0.15) is 0 Å². The first-order chi connectivity index (χ1) is 39.0. The smallest absolute Gasteiger partial charge is 0.305 e. The molecule has 0 aliphatic heterocycles. The number of allylic oxidation sites excluding steroid dienone is 6. The van der Waals surface area contributed by atoms with Crippen LogP contribution in [0.5, 0.6) is 0 Å². The summed E-state index contributed by atoms with van der Waals surface area (Å²) in [7, 11) is 0. The minimum atomic E-state index is -0.663. The third-order valence-corrected chi connectivity index (χ3v) is 16.7. The fourth-order valence-corrected chi connectivity index (χ4v) is 11.2. The molecular formula is C73H139NO5. The minimum Gasteiger partial charge on any atom is -0.466 e. The number of hydrogen-bond acceptors (Lipinski definition) is 5. The summed E-state index contributed by atoms with van der Waals surface area (Å²) in [5, 5.41) is 23.3. The summed E-state index contributed by atoms with van der Waals surface area (Å²) < 4.78 is 5.48. The first-order valence-corrected chi connectivity index (χ1v) is 35.7. The summed E-state index contributed by atoms with van der Waals surface area (Å²) in [5.74, 6) is -0.0245. The second-order valence-electron chi connectivity index (χ2n) is 24.6. The molecule has 2 unspecified atom stereocenters. The molecule has 79 heavy (non-hydrogen) atoms. The van der Waals surface area contributed by atoms with Crippen LogP contribution in [0.25, 0.3) is 0 Å². The number of hydrogen-bond donors (Lipinski definition) is 3. The molecule has 2 atom stereocenters. The lowest BCUT2D eigenvalue weighted by molar-refractivity contribution is -0.143. The minimum absolute atomic E-state index is 0.00595. The number of unbranched alkanes of at least 4 members (excludes halogenated alkanes) is 50. The van der Waals surface area contributed by atoms with Gasteiger partial charge < -0.3 is 20.3 Å². The van der Waals surface area contributed by atoms with E-state index in [2.05, 4.69) is 55.6 Å². The molecule has 3 N–H and O–H groups in total. The molecule has 6 nitrogen and oxygen atoms in total. The second-order valence-corrected chi connectivity index (χ2v) is 24.6. The number of rotatable bonds is 67.